The number of benzene rings is 1. The van der Waals surface area contributed by atoms with E-state index in [1.165, 1.54) is 7.11 Å². The van der Waals surface area contributed by atoms with Crippen LogP contribution in [0.2, 0.25) is 0 Å². The summed E-state index contributed by atoms with van der Waals surface area (Å²) in [5.41, 5.74) is 0.884. The average molecular weight is 237 g/mol. The largest absolute Gasteiger partial charge is 0.479 e. The minimum absolute atomic E-state index is 0.0303. The number of hydrogen-bond acceptors (Lipinski definition) is 3. The van der Waals surface area contributed by atoms with Crippen molar-refractivity contribution in [2.24, 2.45) is 0 Å². The molecular formula is C12H15NO4. The monoisotopic (exact) mass is 237 g/mol. The first kappa shape index (κ1) is 13.2. The Labute approximate surface area is 99.4 Å². The van der Waals surface area contributed by atoms with E-state index in [-0.39, 0.29) is 18.9 Å². The van der Waals surface area contributed by atoms with Crippen molar-refractivity contribution in [1.82, 2.24) is 5.32 Å². The highest BCUT2D eigenvalue weighted by Crippen LogP contribution is 1.99. The molecule has 5 nitrogen and oxygen atoms in total. The topological polar surface area (TPSA) is 75.6 Å². The maximum Gasteiger partial charge on any atom is 0.334 e. The summed E-state index contributed by atoms with van der Waals surface area (Å²) < 4.78 is 4.70. The van der Waals surface area contributed by atoms with Crippen molar-refractivity contribution in [3.63, 3.8) is 0 Å². The number of aliphatic carboxylic acids is 1. The molecule has 1 rings (SSSR count). The Hall–Kier alpha value is -1.88. The molecule has 0 spiro atoms. The van der Waals surface area contributed by atoms with Gasteiger partial charge in [0.25, 0.3) is 0 Å². The van der Waals surface area contributed by atoms with Gasteiger partial charge < -0.3 is 15.2 Å². The molecule has 2 N–H and O–H groups in total. The molecule has 0 heterocycles. The summed E-state index contributed by atoms with van der Waals surface area (Å²) in [6.45, 7) is -0.0303. The van der Waals surface area contributed by atoms with Gasteiger partial charge in [-0.2, -0.15) is 0 Å². The van der Waals surface area contributed by atoms with Crippen molar-refractivity contribution in [2.75, 3.05) is 13.7 Å². The molecule has 1 aromatic rings. The summed E-state index contributed by atoms with van der Waals surface area (Å²) >= 11 is 0. The Morgan fingerprint density at radius 1 is 1.35 bits per heavy atom. The minimum Gasteiger partial charge on any atom is -0.479 e. The fourth-order valence-electron chi connectivity index (χ4n) is 1.32. The number of rotatable bonds is 6. The van der Waals surface area contributed by atoms with Crippen molar-refractivity contribution in [2.45, 2.75) is 12.5 Å². The average Bonchev–Trinajstić information content (AvgIpc) is 2.30. The van der Waals surface area contributed by atoms with Gasteiger partial charge in [-0.1, -0.05) is 30.3 Å². The fourth-order valence-corrected chi connectivity index (χ4v) is 1.32. The molecule has 0 fully saturated rings. The maximum atomic E-state index is 11.5. The number of ether oxygens (including phenoxy) is 1. The Bertz CT molecular complexity index is 377. The van der Waals surface area contributed by atoms with Crippen LogP contribution in [0.1, 0.15) is 5.56 Å². The second kappa shape index (κ2) is 6.65. The van der Waals surface area contributed by atoms with Gasteiger partial charge >= 0.3 is 5.97 Å². The van der Waals surface area contributed by atoms with E-state index in [0.717, 1.165) is 5.56 Å². The number of nitrogens with one attached hydrogen (secondary N) is 1. The normalized spacial score (nSPS) is 11.8. The number of hydrogen-bond donors (Lipinski definition) is 2. The van der Waals surface area contributed by atoms with Crippen LogP contribution in [-0.2, 0) is 20.7 Å². The van der Waals surface area contributed by atoms with Crippen LogP contribution in [0.15, 0.2) is 30.3 Å². The van der Waals surface area contributed by atoms with Crippen LogP contribution >= 0.6 is 0 Å². The molecule has 1 atom stereocenters. The second-order valence-electron chi connectivity index (χ2n) is 3.53. The lowest BCUT2D eigenvalue weighted by Gasteiger charge is -2.11. The van der Waals surface area contributed by atoms with Gasteiger partial charge in [0.15, 0.2) is 6.10 Å². The number of amides is 1. The zero-order valence-corrected chi connectivity index (χ0v) is 9.55. The van der Waals surface area contributed by atoms with Gasteiger partial charge in [-0.25, -0.2) is 4.79 Å². The van der Waals surface area contributed by atoms with Crippen molar-refractivity contribution >= 4 is 11.9 Å². The number of carbonyl (C=O) groups excluding carboxylic acids is 1. The van der Waals surface area contributed by atoms with Crippen LogP contribution in [0.4, 0.5) is 0 Å². The van der Waals surface area contributed by atoms with Gasteiger partial charge in [-0.05, 0) is 5.56 Å². The maximum absolute atomic E-state index is 11.5. The lowest BCUT2D eigenvalue weighted by molar-refractivity contribution is -0.148. The third-order valence-electron chi connectivity index (χ3n) is 2.25. The van der Waals surface area contributed by atoms with Crippen LogP contribution < -0.4 is 5.32 Å². The molecule has 92 valence electrons. The molecule has 0 aliphatic rings. The molecule has 0 radical (unpaired) electrons. The van der Waals surface area contributed by atoms with E-state index in [0.29, 0.717) is 0 Å². The van der Waals surface area contributed by atoms with Crippen molar-refractivity contribution in [3.05, 3.63) is 35.9 Å². The van der Waals surface area contributed by atoms with E-state index in [9.17, 15) is 9.59 Å². The van der Waals surface area contributed by atoms with Crippen LogP contribution in [-0.4, -0.2) is 36.7 Å². The second-order valence-corrected chi connectivity index (χ2v) is 3.53. The molecule has 1 amide bonds. The Morgan fingerprint density at radius 3 is 2.53 bits per heavy atom. The molecular weight excluding hydrogens is 222 g/mol. The summed E-state index contributed by atoms with van der Waals surface area (Å²) in [4.78, 5) is 22.1. The van der Waals surface area contributed by atoms with Crippen LogP contribution in [0.3, 0.4) is 0 Å². The van der Waals surface area contributed by atoms with E-state index < -0.39 is 12.1 Å². The standard InChI is InChI=1S/C12H15NO4/c1-17-10(12(15)16)8-13-11(14)7-9-5-3-2-4-6-9/h2-6,10H,7-8H2,1H3,(H,13,14)(H,15,16). The van der Waals surface area contributed by atoms with Gasteiger partial charge in [0.05, 0.1) is 13.0 Å². The zero-order chi connectivity index (χ0) is 12.7. The molecule has 0 saturated carbocycles. The summed E-state index contributed by atoms with van der Waals surface area (Å²) in [5.74, 6) is -1.31. The van der Waals surface area contributed by atoms with Gasteiger partial charge in [0.1, 0.15) is 0 Å². The number of carboxylic acids is 1. The molecule has 0 saturated heterocycles. The Kier molecular flexibility index (Phi) is 5.16. The quantitative estimate of drug-likeness (QED) is 0.753. The SMILES string of the molecule is COC(CNC(=O)Cc1ccccc1)C(=O)O. The smallest absolute Gasteiger partial charge is 0.334 e. The van der Waals surface area contributed by atoms with Gasteiger partial charge in [0, 0.05) is 7.11 Å². The lowest BCUT2D eigenvalue weighted by atomic mass is 10.1. The summed E-state index contributed by atoms with van der Waals surface area (Å²) in [6.07, 6.45) is -0.772. The first-order valence-electron chi connectivity index (χ1n) is 5.19. The number of methoxy groups -OCH3 is 1. The van der Waals surface area contributed by atoms with E-state index in [4.69, 9.17) is 9.84 Å². The van der Waals surface area contributed by atoms with E-state index >= 15 is 0 Å². The number of carbonyl (C=O) groups is 2. The molecule has 0 aliphatic carbocycles. The third-order valence-corrected chi connectivity index (χ3v) is 2.25. The molecule has 0 bridgehead atoms. The minimum atomic E-state index is -1.09. The van der Waals surface area contributed by atoms with Crippen molar-refractivity contribution in [3.8, 4) is 0 Å². The van der Waals surface area contributed by atoms with Crippen LogP contribution in [0.5, 0.6) is 0 Å². The molecule has 0 aromatic heterocycles. The molecule has 5 heteroatoms. The summed E-state index contributed by atoms with van der Waals surface area (Å²) in [7, 11) is 1.29. The highest BCUT2D eigenvalue weighted by molar-refractivity contribution is 5.80. The van der Waals surface area contributed by atoms with Crippen molar-refractivity contribution in [1.29, 1.82) is 0 Å². The molecule has 1 aromatic carbocycles. The van der Waals surface area contributed by atoms with E-state index in [2.05, 4.69) is 5.32 Å². The van der Waals surface area contributed by atoms with Gasteiger partial charge in [-0.15, -0.1) is 0 Å². The molecule has 17 heavy (non-hydrogen) atoms. The van der Waals surface area contributed by atoms with Crippen molar-refractivity contribution < 1.29 is 19.4 Å². The summed E-state index contributed by atoms with van der Waals surface area (Å²) in [6, 6.07) is 9.23. The highest BCUT2D eigenvalue weighted by atomic mass is 16.5. The Morgan fingerprint density at radius 2 is 2.00 bits per heavy atom. The predicted molar refractivity (Wildman–Crippen MR) is 61.6 cm³/mol. The van der Waals surface area contributed by atoms with Crippen LogP contribution in [0, 0.1) is 0 Å². The number of carboxylic acid groups (broad SMARTS) is 1. The van der Waals surface area contributed by atoms with E-state index in [1.807, 2.05) is 30.3 Å². The predicted octanol–water partition coefficient (Wildman–Crippen LogP) is 0.445. The molecule has 1 unspecified atom stereocenters. The highest BCUT2D eigenvalue weighted by Gasteiger charge is 2.16. The summed E-state index contributed by atoms with van der Waals surface area (Å²) in [5, 5.41) is 11.2. The lowest BCUT2D eigenvalue weighted by Crippen LogP contribution is -2.38. The van der Waals surface area contributed by atoms with Gasteiger partial charge in [-0.3, -0.25) is 4.79 Å². The van der Waals surface area contributed by atoms with Gasteiger partial charge in [0.2, 0.25) is 5.91 Å². The third kappa shape index (κ3) is 4.65. The fraction of sp³-hybridized carbons (Fsp3) is 0.333. The zero-order valence-electron chi connectivity index (χ0n) is 9.55. The Balaban J connectivity index is 2.38. The first-order chi connectivity index (χ1) is 8.13. The van der Waals surface area contributed by atoms with Crippen LogP contribution in [0.25, 0.3) is 0 Å². The first-order valence-corrected chi connectivity index (χ1v) is 5.19. The molecule has 0 aliphatic heterocycles. The van der Waals surface area contributed by atoms with E-state index in [1.54, 1.807) is 0 Å².